The molecule has 108 valence electrons. The number of guanidine groups is 1. The van der Waals surface area contributed by atoms with Gasteiger partial charge in [-0.1, -0.05) is 0 Å². The molecule has 4 N–H and O–H groups in total. The van der Waals surface area contributed by atoms with Crippen LogP contribution in [0.25, 0.3) is 0 Å². The Balaban J connectivity index is 2.18. The molecule has 0 aliphatic rings. The quantitative estimate of drug-likeness (QED) is 0.188. The molecule has 0 amide bonds. The second-order valence-corrected chi connectivity index (χ2v) is 3.94. The van der Waals surface area contributed by atoms with E-state index in [0.29, 0.717) is 19.0 Å². The number of nitrogens with one attached hydrogen (secondary N) is 2. The highest BCUT2D eigenvalue weighted by molar-refractivity contribution is 5.79. The fourth-order valence-corrected chi connectivity index (χ4v) is 1.45. The Kier molecular flexibility index (Phi) is 7.52. The van der Waals surface area contributed by atoms with Crippen molar-refractivity contribution in [2.24, 2.45) is 17.9 Å². The molecule has 0 spiro atoms. The first-order valence-corrected chi connectivity index (χ1v) is 6.43. The van der Waals surface area contributed by atoms with Crippen molar-refractivity contribution in [3.05, 3.63) is 12.2 Å². The Hall–Kier alpha value is -1.67. The molecule has 0 radical (unpaired) electrons. The van der Waals surface area contributed by atoms with Gasteiger partial charge in [0.25, 0.3) is 0 Å². The number of hydrogen-bond donors (Lipinski definition) is 3. The molecule has 0 atom stereocenters. The van der Waals surface area contributed by atoms with E-state index in [1.807, 2.05) is 14.0 Å². The zero-order chi connectivity index (χ0) is 13.9. The van der Waals surface area contributed by atoms with E-state index in [1.54, 1.807) is 11.0 Å². The summed E-state index contributed by atoms with van der Waals surface area (Å²) < 4.78 is 6.91. The maximum absolute atomic E-state index is 5.39. The molecule has 0 aliphatic heterocycles. The largest absolute Gasteiger partial charge is 0.382 e. The van der Waals surface area contributed by atoms with E-state index < -0.39 is 0 Å². The third kappa shape index (κ3) is 6.73. The highest BCUT2D eigenvalue weighted by Crippen LogP contribution is 1.88. The summed E-state index contributed by atoms with van der Waals surface area (Å²) in [4.78, 5) is 8.43. The molecule has 1 heterocycles. The first kappa shape index (κ1) is 15.4. The van der Waals surface area contributed by atoms with Crippen LogP contribution >= 0.6 is 0 Å². The van der Waals surface area contributed by atoms with Crippen molar-refractivity contribution in [1.29, 1.82) is 0 Å². The van der Waals surface area contributed by atoms with Gasteiger partial charge in [0.05, 0.1) is 0 Å². The molecule has 19 heavy (non-hydrogen) atoms. The van der Waals surface area contributed by atoms with Crippen LogP contribution in [-0.4, -0.2) is 47.0 Å². The Bertz CT molecular complexity index is 377. The van der Waals surface area contributed by atoms with Gasteiger partial charge in [-0.2, -0.15) is 5.10 Å². The van der Waals surface area contributed by atoms with Crippen molar-refractivity contribution < 1.29 is 4.74 Å². The molecule has 0 bridgehead atoms. The highest BCUT2D eigenvalue weighted by atomic mass is 16.5. The van der Waals surface area contributed by atoms with Gasteiger partial charge in [-0.25, -0.2) is 10.8 Å². The van der Waals surface area contributed by atoms with Crippen molar-refractivity contribution in [2.45, 2.75) is 19.8 Å². The summed E-state index contributed by atoms with van der Waals surface area (Å²) in [6.45, 7) is 4.78. The minimum Gasteiger partial charge on any atom is -0.382 e. The van der Waals surface area contributed by atoms with E-state index in [4.69, 9.17) is 10.6 Å². The van der Waals surface area contributed by atoms with Crippen LogP contribution in [0.15, 0.2) is 11.3 Å². The number of ether oxygens (including phenoxy) is 1. The Morgan fingerprint density at radius 3 is 3.05 bits per heavy atom. The van der Waals surface area contributed by atoms with Crippen molar-refractivity contribution in [2.75, 3.05) is 26.3 Å². The second-order valence-electron chi connectivity index (χ2n) is 3.94. The van der Waals surface area contributed by atoms with Crippen LogP contribution < -0.4 is 16.6 Å². The molecule has 0 aromatic carbocycles. The molecule has 1 aromatic rings. The van der Waals surface area contributed by atoms with Crippen molar-refractivity contribution in [1.82, 2.24) is 25.5 Å². The van der Waals surface area contributed by atoms with Gasteiger partial charge < -0.3 is 10.1 Å². The van der Waals surface area contributed by atoms with Gasteiger partial charge in [0.1, 0.15) is 6.33 Å². The molecule has 0 saturated carbocycles. The van der Waals surface area contributed by atoms with Crippen LogP contribution in [0, 0.1) is 0 Å². The van der Waals surface area contributed by atoms with Crippen molar-refractivity contribution >= 4 is 5.96 Å². The smallest absolute Gasteiger partial charge is 0.205 e. The predicted molar refractivity (Wildman–Crippen MR) is 73.4 cm³/mol. The standard InChI is InChI=1S/C11H23N7O/c1-3-19-8-4-6-13-11(16-12)14-7-5-10-15-9-18(2)17-10/h9H,3-8,12H2,1-2H3,(H2,13,14,16). The van der Waals surface area contributed by atoms with Gasteiger partial charge in [0, 0.05) is 39.8 Å². The van der Waals surface area contributed by atoms with Crippen LogP contribution in [0.1, 0.15) is 19.2 Å². The Labute approximate surface area is 113 Å². The summed E-state index contributed by atoms with van der Waals surface area (Å²) in [5, 5.41) is 7.29. The number of aromatic nitrogens is 3. The summed E-state index contributed by atoms with van der Waals surface area (Å²) in [5.41, 5.74) is 2.54. The van der Waals surface area contributed by atoms with Gasteiger partial charge in [-0.05, 0) is 13.3 Å². The van der Waals surface area contributed by atoms with Crippen LogP contribution in [0.2, 0.25) is 0 Å². The molecule has 0 aliphatic carbocycles. The summed E-state index contributed by atoms with van der Waals surface area (Å²) in [6, 6.07) is 0. The minimum atomic E-state index is 0.576. The van der Waals surface area contributed by atoms with Gasteiger partial charge in [-0.15, -0.1) is 0 Å². The Morgan fingerprint density at radius 1 is 1.58 bits per heavy atom. The van der Waals surface area contributed by atoms with Gasteiger partial charge in [-0.3, -0.25) is 15.1 Å². The fraction of sp³-hybridized carbons (Fsp3) is 0.727. The minimum absolute atomic E-state index is 0.576. The van der Waals surface area contributed by atoms with Crippen molar-refractivity contribution in [3.8, 4) is 0 Å². The molecule has 1 aromatic heterocycles. The number of aryl methyl sites for hydroxylation is 1. The molecular weight excluding hydrogens is 246 g/mol. The average molecular weight is 269 g/mol. The van der Waals surface area contributed by atoms with E-state index in [-0.39, 0.29) is 0 Å². The number of aliphatic imine (C=N–C) groups is 1. The summed E-state index contributed by atoms with van der Waals surface area (Å²) in [6.07, 6.45) is 3.28. The van der Waals surface area contributed by atoms with Crippen LogP contribution in [0.3, 0.4) is 0 Å². The predicted octanol–water partition coefficient (Wildman–Crippen LogP) is -0.807. The average Bonchev–Trinajstić information content (AvgIpc) is 2.82. The zero-order valence-electron chi connectivity index (χ0n) is 11.6. The Morgan fingerprint density at radius 2 is 2.42 bits per heavy atom. The lowest BCUT2D eigenvalue weighted by Crippen LogP contribution is -2.42. The monoisotopic (exact) mass is 269 g/mol. The molecule has 0 fully saturated rings. The summed E-state index contributed by atoms with van der Waals surface area (Å²) >= 11 is 0. The van der Waals surface area contributed by atoms with Gasteiger partial charge in [0.15, 0.2) is 5.82 Å². The maximum atomic E-state index is 5.39. The summed E-state index contributed by atoms with van der Waals surface area (Å²) in [5.74, 6) is 6.76. The van der Waals surface area contributed by atoms with E-state index >= 15 is 0 Å². The lowest BCUT2D eigenvalue weighted by molar-refractivity contribution is 0.146. The molecule has 8 heteroatoms. The van der Waals surface area contributed by atoms with E-state index in [9.17, 15) is 0 Å². The molecule has 0 unspecified atom stereocenters. The molecule has 1 rings (SSSR count). The van der Waals surface area contributed by atoms with Gasteiger partial charge in [0.2, 0.25) is 5.96 Å². The first-order chi connectivity index (χ1) is 9.26. The lowest BCUT2D eigenvalue weighted by Gasteiger charge is -2.08. The number of nitrogens with zero attached hydrogens (tertiary/aromatic N) is 4. The van der Waals surface area contributed by atoms with Crippen molar-refractivity contribution in [3.63, 3.8) is 0 Å². The fourth-order valence-electron chi connectivity index (χ4n) is 1.45. The lowest BCUT2D eigenvalue weighted by atomic mass is 10.4. The van der Waals surface area contributed by atoms with E-state index in [2.05, 4.69) is 25.8 Å². The molecule has 0 saturated heterocycles. The SMILES string of the molecule is CCOCCCN=C(NN)NCCc1ncn(C)n1. The number of rotatable bonds is 8. The zero-order valence-corrected chi connectivity index (χ0v) is 11.6. The van der Waals surface area contributed by atoms with Gasteiger partial charge >= 0.3 is 0 Å². The topological polar surface area (TPSA) is 102 Å². The number of hydrazine groups is 1. The second kappa shape index (κ2) is 9.29. The van der Waals surface area contributed by atoms with E-state index in [1.165, 1.54) is 0 Å². The third-order valence-corrected chi connectivity index (χ3v) is 2.35. The van der Waals surface area contributed by atoms with Crippen LogP contribution in [-0.2, 0) is 18.2 Å². The first-order valence-electron chi connectivity index (χ1n) is 6.43. The number of hydrogen-bond acceptors (Lipinski definition) is 5. The number of nitrogens with two attached hydrogens (primary N) is 1. The molecule has 8 nitrogen and oxygen atoms in total. The maximum Gasteiger partial charge on any atom is 0.205 e. The van der Waals surface area contributed by atoms with Crippen LogP contribution in [0.5, 0.6) is 0 Å². The highest BCUT2D eigenvalue weighted by Gasteiger charge is 2.00. The third-order valence-electron chi connectivity index (χ3n) is 2.35. The normalized spacial score (nSPS) is 11.6. The summed E-state index contributed by atoms with van der Waals surface area (Å²) in [7, 11) is 1.84. The van der Waals surface area contributed by atoms with Crippen LogP contribution in [0.4, 0.5) is 0 Å². The molecular formula is C11H23N7O. The van der Waals surface area contributed by atoms with E-state index in [0.717, 1.165) is 31.9 Å².